The molecule has 3 aromatic rings. The number of benzene rings is 2. The molecule has 0 unspecified atom stereocenters. The molecule has 28 heavy (non-hydrogen) atoms. The predicted octanol–water partition coefficient (Wildman–Crippen LogP) is 4.87. The van der Waals surface area contributed by atoms with Crippen molar-refractivity contribution in [3.8, 4) is 28.4 Å². The van der Waals surface area contributed by atoms with Crippen LogP contribution in [0.1, 0.15) is 16.1 Å². The molecule has 0 saturated carbocycles. The number of ether oxygens (including phenoxy) is 2. The number of methoxy groups -OCH3 is 1. The van der Waals surface area contributed by atoms with Crippen LogP contribution in [0, 0.1) is 0 Å². The first kappa shape index (κ1) is 19.1. The molecule has 1 aliphatic heterocycles. The topological polar surface area (TPSA) is 65.4 Å². The Balaban J connectivity index is 2.03. The van der Waals surface area contributed by atoms with Crippen LogP contribution < -0.4 is 14.8 Å². The molecule has 1 amide bonds. The Kier molecular flexibility index (Phi) is 4.99. The summed E-state index contributed by atoms with van der Waals surface area (Å²) >= 11 is 15.9. The maximum absolute atomic E-state index is 12.4. The summed E-state index contributed by atoms with van der Waals surface area (Å²) in [5.74, 6) is 0.971. The van der Waals surface area contributed by atoms with Crippen molar-refractivity contribution in [2.24, 2.45) is 0 Å². The molecule has 0 aliphatic carbocycles. The van der Waals surface area contributed by atoms with Crippen LogP contribution in [0.5, 0.6) is 11.5 Å². The van der Waals surface area contributed by atoms with Crippen LogP contribution in [0.4, 0.5) is 0 Å². The molecule has 0 saturated heterocycles. The van der Waals surface area contributed by atoms with Crippen LogP contribution in [0.15, 0.2) is 34.8 Å². The Morgan fingerprint density at radius 1 is 1.25 bits per heavy atom. The second-order valence-electron chi connectivity index (χ2n) is 6.07. The number of aromatic nitrogens is 2. The second-order valence-corrected chi connectivity index (χ2v) is 7.79. The van der Waals surface area contributed by atoms with Crippen LogP contribution in [0.2, 0.25) is 10.0 Å². The normalized spacial score (nSPS) is 12.0. The quantitative estimate of drug-likeness (QED) is 0.578. The van der Waals surface area contributed by atoms with Crippen LogP contribution in [0.25, 0.3) is 16.9 Å². The second kappa shape index (κ2) is 7.31. The average molecular weight is 483 g/mol. The van der Waals surface area contributed by atoms with Gasteiger partial charge in [0.25, 0.3) is 5.91 Å². The van der Waals surface area contributed by atoms with Gasteiger partial charge in [0.15, 0.2) is 5.69 Å². The van der Waals surface area contributed by atoms with Crippen molar-refractivity contribution in [3.63, 3.8) is 0 Å². The third-order valence-electron chi connectivity index (χ3n) is 4.40. The fourth-order valence-electron chi connectivity index (χ4n) is 3.16. The molecule has 0 atom stereocenters. The van der Waals surface area contributed by atoms with E-state index in [0.29, 0.717) is 32.8 Å². The molecule has 1 aromatic heterocycles. The molecule has 0 spiro atoms. The van der Waals surface area contributed by atoms with E-state index in [4.69, 9.17) is 32.7 Å². The van der Waals surface area contributed by atoms with Gasteiger partial charge in [0, 0.05) is 34.3 Å². The Bertz CT molecular complexity index is 1090. The summed E-state index contributed by atoms with van der Waals surface area (Å²) in [6.45, 7) is 0.199. The lowest BCUT2D eigenvalue weighted by Gasteiger charge is -2.21. The third kappa shape index (κ3) is 3.13. The zero-order valence-electron chi connectivity index (χ0n) is 14.8. The number of carbonyl (C=O) groups is 1. The molecular weight excluding hydrogens is 469 g/mol. The minimum absolute atomic E-state index is 0.199. The van der Waals surface area contributed by atoms with E-state index in [1.807, 2.05) is 6.07 Å². The highest BCUT2D eigenvalue weighted by molar-refractivity contribution is 9.10. The van der Waals surface area contributed by atoms with Gasteiger partial charge in [-0.3, -0.25) is 4.79 Å². The third-order valence-corrected chi connectivity index (χ3v) is 5.45. The monoisotopic (exact) mass is 481 g/mol. The van der Waals surface area contributed by atoms with Gasteiger partial charge in [-0.2, -0.15) is 5.10 Å². The Labute approximate surface area is 179 Å². The Morgan fingerprint density at radius 2 is 1.96 bits per heavy atom. The molecule has 2 heterocycles. The molecular formula is C19H14BrCl2N3O3. The van der Waals surface area contributed by atoms with Crippen LogP contribution >= 0.6 is 39.1 Å². The highest BCUT2D eigenvalue weighted by atomic mass is 79.9. The van der Waals surface area contributed by atoms with Crippen molar-refractivity contribution in [2.45, 2.75) is 6.61 Å². The molecule has 9 heteroatoms. The van der Waals surface area contributed by atoms with Gasteiger partial charge in [0.2, 0.25) is 0 Å². The number of nitrogens with one attached hydrogen (secondary N) is 1. The van der Waals surface area contributed by atoms with E-state index in [1.54, 1.807) is 43.1 Å². The summed E-state index contributed by atoms with van der Waals surface area (Å²) in [5, 5.41) is 8.11. The van der Waals surface area contributed by atoms with Crippen molar-refractivity contribution < 1.29 is 14.3 Å². The zero-order chi connectivity index (χ0) is 20.0. The van der Waals surface area contributed by atoms with Crippen molar-refractivity contribution >= 4 is 45.0 Å². The summed E-state index contributed by atoms with van der Waals surface area (Å²) in [4.78, 5) is 12.4. The lowest BCUT2D eigenvalue weighted by atomic mass is 10.0. The van der Waals surface area contributed by atoms with Gasteiger partial charge in [-0.05, 0) is 40.2 Å². The molecule has 2 aromatic carbocycles. The smallest absolute Gasteiger partial charge is 0.271 e. The number of amides is 1. The molecule has 1 N–H and O–H groups in total. The van der Waals surface area contributed by atoms with E-state index < -0.39 is 0 Å². The maximum Gasteiger partial charge on any atom is 0.271 e. The van der Waals surface area contributed by atoms with Crippen molar-refractivity contribution in [1.82, 2.24) is 15.1 Å². The number of nitrogens with zero attached hydrogens (tertiary/aromatic N) is 2. The number of carbonyl (C=O) groups excluding carboxylic acids is 1. The fourth-order valence-corrected chi connectivity index (χ4v) is 4.18. The van der Waals surface area contributed by atoms with Gasteiger partial charge in [-0.15, -0.1) is 0 Å². The first-order chi connectivity index (χ1) is 13.4. The largest absolute Gasteiger partial charge is 0.495 e. The van der Waals surface area contributed by atoms with E-state index in [9.17, 15) is 4.79 Å². The molecule has 0 fully saturated rings. The van der Waals surface area contributed by atoms with Crippen molar-refractivity contribution in [1.29, 1.82) is 0 Å². The highest BCUT2D eigenvalue weighted by Crippen LogP contribution is 2.45. The lowest BCUT2D eigenvalue weighted by Crippen LogP contribution is -2.21. The number of hydrogen-bond acceptors (Lipinski definition) is 4. The van der Waals surface area contributed by atoms with E-state index in [1.165, 1.54) is 0 Å². The maximum atomic E-state index is 12.4. The van der Waals surface area contributed by atoms with Gasteiger partial charge in [-0.25, -0.2) is 4.68 Å². The number of rotatable bonds is 3. The van der Waals surface area contributed by atoms with Crippen LogP contribution in [0.3, 0.4) is 0 Å². The molecule has 1 aliphatic rings. The van der Waals surface area contributed by atoms with Crippen LogP contribution in [-0.4, -0.2) is 29.8 Å². The summed E-state index contributed by atoms with van der Waals surface area (Å²) in [5.41, 5.74) is 3.11. The van der Waals surface area contributed by atoms with Crippen molar-refractivity contribution in [2.75, 3.05) is 14.2 Å². The Morgan fingerprint density at radius 3 is 2.61 bits per heavy atom. The SMILES string of the molecule is CNC(=O)c1nn(-c2cc(Cl)cc(Cl)c2)c2c1COc1cc(OC)c(Br)cc1-2. The van der Waals surface area contributed by atoms with Gasteiger partial charge in [0.05, 0.1) is 23.0 Å². The van der Waals surface area contributed by atoms with E-state index in [-0.39, 0.29) is 18.2 Å². The number of fused-ring (bicyclic) bond motifs is 3. The molecule has 0 bridgehead atoms. The summed E-state index contributed by atoms with van der Waals surface area (Å²) < 4.78 is 13.7. The minimum atomic E-state index is -0.303. The molecule has 0 radical (unpaired) electrons. The van der Waals surface area contributed by atoms with Gasteiger partial charge in [0.1, 0.15) is 18.1 Å². The van der Waals surface area contributed by atoms with E-state index >= 15 is 0 Å². The molecule has 4 rings (SSSR count). The number of hydrogen-bond donors (Lipinski definition) is 1. The highest BCUT2D eigenvalue weighted by Gasteiger charge is 2.30. The minimum Gasteiger partial charge on any atom is -0.495 e. The summed E-state index contributed by atoms with van der Waals surface area (Å²) in [7, 11) is 3.14. The predicted molar refractivity (Wildman–Crippen MR) is 111 cm³/mol. The molecule has 144 valence electrons. The standard InChI is InChI=1S/C19H14BrCl2N3O3/c1-23-19(26)17-13-8-28-15-7-16(27-2)14(20)6-12(15)18(13)25(24-17)11-4-9(21)3-10(22)5-11/h3-7H,8H2,1-2H3,(H,23,26). The van der Waals surface area contributed by atoms with Gasteiger partial charge in [-0.1, -0.05) is 23.2 Å². The van der Waals surface area contributed by atoms with Gasteiger partial charge < -0.3 is 14.8 Å². The first-order valence-corrected chi connectivity index (χ1v) is 9.79. The van der Waals surface area contributed by atoms with Crippen LogP contribution in [-0.2, 0) is 6.61 Å². The fraction of sp³-hybridized carbons (Fsp3) is 0.158. The molecule has 6 nitrogen and oxygen atoms in total. The number of halogens is 3. The van der Waals surface area contributed by atoms with Gasteiger partial charge >= 0.3 is 0 Å². The summed E-state index contributed by atoms with van der Waals surface area (Å²) in [6, 6.07) is 8.79. The van der Waals surface area contributed by atoms with E-state index in [0.717, 1.165) is 15.7 Å². The van der Waals surface area contributed by atoms with E-state index in [2.05, 4.69) is 26.3 Å². The summed E-state index contributed by atoms with van der Waals surface area (Å²) in [6.07, 6.45) is 0. The average Bonchev–Trinajstić information content (AvgIpc) is 3.06. The van der Waals surface area contributed by atoms with Crippen molar-refractivity contribution in [3.05, 3.63) is 56.1 Å². The first-order valence-electron chi connectivity index (χ1n) is 8.24. The zero-order valence-corrected chi connectivity index (χ0v) is 17.9. The Hall–Kier alpha value is -2.22. The lowest BCUT2D eigenvalue weighted by molar-refractivity contribution is 0.0955.